The molecule has 0 bridgehead atoms. The molecule has 4 aromatic heterocycles. The van der Waals surface area contributed by atoms with Gasteiger partial charge >= 0.3 is 0 Å². The van der Waals surface area contributed by atoms with E-state index in [0.717, 1.165) is 53.0 Å². The number of hydrogen-bond acceptors (Lipinski definition) is 9. The van der Waals surface area contributed by atoms with Crippen molar-refractivity contribution in [1.82, 2.24) is 29.4 Å². The first kappa shape index (κ1) is 25.4. The molecule has 1 amide bonds. The molecule has 5 rings (SSSR count). The zero-order valence-corrected chi connectivity index (χ0v) is 22.3. The summed E-state index contributed by atoms with van der Waals surface area (Å²) in [6.45, 7) is 1.93. The Balaban J connectivity index is 1.39. The number of aromatic nitrogens is 4. The lowest BCUT2D eigenvalue weighted by Crippen LogP contribution is -2.41. The summed E-state index contributed by atoms with van der Waals surface area (Å²) in [6, 6.07) is 3.92. The third-order valence-electron chi connectivity index (χ3n) is 6.88. The number of aliphatic hydroxyl groups is 1. The second-order valence-electron chi connectivity index (χ2n) is 9.63. The largest absolute Gasteiger partial charge is 0.493 e. The van der Waals surface area contributed by atoms with Crippen LogP contribution in [0, 0.1) is 5.92 Å². The van der Waals surface area contributed by atoms with Crippen molar-refractivity contribution < 1.29 is 14.6 Å². The molecule has 0 aromatic carbocycles. The average Bonchev–Trinajstić information content (AvgIpc) is 3.50. The van der Waals surface area contributed by atoms with Gasteiger partial charge in [0.25, 0.3) is 0 Å². The van der Waals surface area contributed by atoms with E-state index in [9.17, 15) is 9.90 Å². The van der Waals surface area contributed by atoms with Crippen LogP contribution in [0.15, 0.2) is 30.9 Å². The fraction of sp³-hybridized carbons (Fsp3) is 0.462. The van der Waals surface area contributed by atoms with Gasteiger partial charge in [0.2, 0.25) is 5.91 Å². The number of amides is 1. The van der Waals surface area contributed by atoms with Crippen LogP contribution in [-0.4, -0.2) is 87.8 Å². The molecule has 4 heterocycles. The first-order valence-electron chi connectivity index (χ1n) is 12.6. The van der Waals surface area contributed by atoms with E-state index in [0.29, 0.717) is 25.3 Å². The van der Waals surface area contributed by atoms with Gasteiger partial charge < -0.3 is 25.0 Å². The first-order chi connectivity index (χ1) is 18.0. The first-order valence-corrected chi connectivity index (χ1v) is 13.4. The number of aryl methyl sites for hydroxylation is 1. The Bertz CT molecular complexity index is 1400. The predicted octanol–water partition coefficient (Wildman–Crippen LogP) is 2.97. The fourth-order valence-electron chi connectivity index (χ4n) is 5.04. The van der Waals surface area contributed by atoms with E-state index >= 15 is 0 Å². The molecule has 2 N–H and O–H groups in total. The Morgan fingerprint density at radius 3 is 2.95 bits per heavy atom. The van der Waals surface area contributed by atoms with Crippen molar-refractivity contribution in [3.05, 3.63) is 41.3 Å². The van der Waals surface area contributed by atoms with Crippen LogP contribution < -0.4 is 10.1 Å². The number of anilines is 2. The van der Waals surface area contributed by atoms with Crippen LogP contribution in [0.5, 0.6) is 5.75 Å². The summed E-state index contributed by atoms with van der Waals surface area (Å²) in [5, 5.41) is 18.3. The highest BCUT2D eigenvalue weighted by atomic mass is 32.1. The summed E-state index contributed by atoms with van der Waals surface area (Å²) < 4.78 is 7.37. The molecular weight excluding hydrogens is 490 g/mol. The molecule has 0 radical (unpaired) electrons. The Labute approximate surface area is 219 Å². The zero-order chi connectivity index (χ0) is 25.9. The van der Waals surface area contributed by atoms with Crippen molar-refractivity contribution in [2.24, 2.45) is 5.92 Å². The summed E-state index contributed by atoms with van der Waals surface area (Å²) in [7, 11) is 5.69. The van der Waals surface area contributed by atoms with Gasteiger partial charge in [-0.2, -0.15) is 5.10 Å². The maximum Gasteiger partial charge on any atom is 0.226 e. The molecular formula is C26H33N7O3S. The third kappa shape index (κ3) is 5.25. The number of nitrogens with one attached hydrogen (secondary N) is 1. The molecule has 196 valence electrons. The van der Waals surface area contributed by atoms with Crippen LogP contribution >= 0.6 is 11.3 Å². The van der Waals surface area contributed by atoms with Gasteiger partial charge in [-0.3, -0.25) is 4.79 Å². The summed E-state index contributed by atoms with van der Waals surface area (Å²) in [6.07, 6.45) is 8.30. The quantitative estimate of drug-likeness (QED) is 0.327. The van der Waals surface area contributed by atoms with Gasteiger partial charge in [0.15, 0.2) is 5.75 Å². The highest BCUT2D eigenvalue weighted by Crippen LogP contribution is 2.41. The number of aliphatic hydroxyl groups excluding tert-OH is 1. The molecule has 1 aliphatic rings. The van der Waals surface area contributed by atoms with Crippen LogP contribution in [-0.2, 0) is 17.6 Å². The lowest BCUT2D eigenvalue weighted by molar-refractivity contribution is -0.136. The normalized spacial score (nSPS) is 15.3. The van der Waals surface area contributed by atoms with Crippen molar-refractivity contribution in [2.45, 2.75) is 25.7 Å². The van der Waals surface area contributed by atoms with Crippen LogP contribution in [0.25, 0.3) is 15.7 Å². The topological polar surface area (TPSA) is 108 Å². The maximum atomic E-state index is 13.4. The summed E-state index contributed by atoms with van der Waals surface area (Å²) in [5.74, 6) is 1.45. The minimum atomic E-state index is -0.0831. The van der Waals surface area contributed by atoms with Gasteiger partial charge in [0.05, 0.1) is 36.5 Å². The van der Waals surface area contributed by atoms with Crippen molar-refractivity contribution in [1.29, 1.82) is 0 Å². The van der Waals surface area contributed by atoms with E-state index in [-0.39, 0.29) is 18.4 Å². The second kappa shape index (κ2) is 11.0. The Kier molecular flexibility index (Phi) is 7.54. The van der Waals surface area contributed by atoms with Gasteiger partial charge in [-0.15, -0.1) is 11.3 Å². The summed E-state index contributed by atoms with van der Waals surface area (Å²) in [5.41, 5.74) is 2.97. The third-order valence-corrected chi connectivity index (χ3v) is 8.04. The minimum Gasteiger partial charge on any atom is -0.493 e. The molecule has 0 saturated heterocycles. The molecule has 0 aliphatic heterocycles. The minimum absolute atomic E-state index is 0.0201. The van der Waals surface area contributed by atoms with E-state index in [2.05, 4.69) is 25.3 Å². The number of nitrogens with zero attached hydrogens (tertiary/aromatic N) is 6. The van der Waals surface area contributed by atoms with Gasteiger partial charge in [0.1, 0.15) is 17.0 Å². The van der Waals surface area contributed by atoms with Crippen LogP contribution in [0.1, 0.15) is 23.3 Å². The summed E-state index contributed by atoms with van der Waals surface area (Å²) in [4.78, 5) is 28.6. The maximum absolute atomic E-state index is 13.4. The number of fused-ring (bicyclic) bond motifs is 4. The number of ether oxygens (including phenoxy) is 1. The highest BCUT2D eigenvalue weighted by molar-refractivity contribution is 7.19. The van der Waals surface area contributed by atoms with Gasteiger partial charge in [-0.05, 0) is 64.0 Å². The molecule has 1 atom stereocenters. The van der Waals surface area contributed by atoms with E-state index < -0.39 is 0 Å². The zero-order valence-electron chi connectivity index (χ0n) is 21.5. The molecule has 4 aromatic rings. The van der Waals surface area contributed by atoms with E-state index in [4.69, 9.17) is 4.74 Å². The van der Waals surface area contributed by atoms with E-state index in [1.165, 1.54) is 10.4 Å². The molecule has 1 aliphatic carbocycles. The number of rotatable bonds is 10. The molecule has 0 saturated carbocycles. The van der Waals surface area contributed by atoms with Crippen molar-refractivity contribution in [3.8, 4) is 5.75 Å². The van der Waals surface area contributed by atoms with Gasteiger partial charge in [-0.25, -0.2) is 14.5 Å². The number of pyridine rings is 1. The molecule has 37 heavy (non-hydrogen) atoms. The van der Waals surface area contributed by atoms with Crippen LogP contribution in [0.3, 0.4) is 0 Å². The Morgan fingerprint density at radius 2 is 2.16 bits per heavy atom. The molecule has 10 nitrogen and oxygen atoms in total. The van der Waals surface area contributed by atoms with Crippen molar-refractivity contribution in [3.63, 3.8) is 0 Å². The lowest BCUT2D eigenvalue weighted by atomic mass is 9.86. The van der Waals surface area contributed by atoms with Crippen LogP contribution in [0.4, 0.5) is 11.5 Å². The monoisotopic (exact) mass is 523 g/mol. The second-order valence-corrected chi connectivity index (χ2v) is 10.7. The Hall–Kier alpha value is -3.28. The molecule has 0 spiro atoms. The van der Waals surface area contributed by atoms with Crippen molar-refractivity contribution >= 4 is 44.5 Å². The smallest absolute Gasteiger partial charge is 0.226 e. The molecule has 0 fully saturated rings. The summed E-state index contributed by atoms with van der Waals surface area (Å²) >= 11 is 1.64. The number of carbonyl (C=O) groups is 1. The van der Waals surface area contributed by atoms with Gasteiger partial charge in [-0.1, -0.05) is 0 Å². The standard InChI is InChI=1S/C26H33N7O3S/c1-31(2)9-4-10-32(11-12-34)26(35)17-5-6-19-22(13-17)37-25-23(19)24(27-16-28-25)30-20-14-18-7-8-29-33(18)15-21(20)36-3/h7-8,14-17,34H,4-6,9-13H2,1-3H3,(H,27,28,30). The van der Waals surface area contributed by atoms with E-state index in [1.807, 2.05) is 37.3 Å². The average molecular weight is 524 g/mol. The SMILES string of the molecule is COc1cn2nccc2cc1Nc1ncnc2sc3c(c12)CCC(C(=O)N(CCO)CCCN(C)C)C3. The Morgan fingerprint density at radius 1 is 1.30 bits per heavy atom. The highest BCUT2D eigenvalue weighted by Gasteiger charge is 2.31. The van der Waals surface area contributed by atoms with Gasteiger partial charge in [0, 0.05) is 30.1 Å². The molecule has 1 unspecified atom stereocenters. The predicted molar refractivity (Wildman–Crippen MR) is 145 cm³/mol. The van der Waals surface area contributed by atoms with E-state index in [1.54, 1.807) is 35.5 Å². The number of methoxy groups -OCH3 is 1. The molecule has 11 heteroatoms. The lowest BCUT2D eigenvalue weighted by Gasteiger charge is -2.29. The van der Waals surface area contributed by atoms with Crippen molar-refractivity contribution in [2.75, 3.05) is 52.8 Å². The number of carbonyl (C=O) groups excluding carboxylic acids is 1. The number of thiophene rings is 1. The fourth-order valence-corrected chi connectivity index (χ4v) is 6.31. The number of hydrogen-bond donors (Lipinski definition) is 2. The van der Waals surface area contributed by atoms with Crippen LogP contribution in [0.2, 0.25) is 0 Å².